The maximum atomic E-state index is 13.8. The lowest BCUT2D eigenvalue weighted by atomic mass is 9.85. The third-order valence-corrected chi connectivity index (χ3v) is 5.90. The lowest BCUT2D eigenvalue weighted by molar-refractivity contribution is -0.137. The molecule has 0 saturated heterocycles. The summed E-state index contributed by atoms with van der Waals surface area (Å²) >= 11 is 0. The molecule has 31 heavy (non-hydrogen) atoms. The number of rotatable bonds is 9. The van der Waals surface area contributed by atoms with E-state index in [0.717, 1.165) is 43.7 Å². The number of halogens is 1. The fraction of sp³-hybridized carbons (Fsp3) is 0.478. The van der Waals surface area contributed by atoms with Crippen LogP contribution in [0.2, 0.25) is 0 Å². The van der Waals surface area contributed by atoms with E-state index in [0.29, 0.717) is 18.4 Å². The zero-order chi connectivity index (χ0) is 21.7. The molecule has 3 heterocycles. The van der Waals surface area contributed by atoms with E-state index < -0.39 is 17.6 Å². The van der Waals surface area contributed by atoms with Gasteiger partial charge in [-0.05, 0) is 67.3 Å². The van der Waals surface area contributed by atoms with E-state index in [1.165, 1.54) is 17.7 Å². The van der Waals surface area contributed by atoms with Crippen LogP contribution < -0.4 is 5.32 Å². The molecule has 2 aliphatic rings. The second kappa shape index (κ2) is 9.51. The average molecular weight is 426 g/mol. The first kappa shape index (κ1) is 21.4. The van der Waals surface area contributed by atoms with Crippen molar-refractivity contribution in [1.29, 1.82) is 0 Å². The zero-order valence-electron chi connectivity index (χ0n) is 17.4. The third kappa shape index (κ3) is 5.44. The highest BCUT2D eigenvalue weighted by atomic mass is 19.1. The number of aromatic nitrogens is 1. The fourth-order valence-electron chi connectivity index (χ4n) is 4.38. The van der Waals surface area contributed by atoms with Crippen molar-refractivity contribution < 1.29 is 19.0 Å². The number of ether oxygens (including phenoxy) is 1. The highest BCUT2D eigenvalue weighted by Crippen LogP contribution is 2.38. The summed E-state index contributed by atoms with van der Waals surface area (Å²) in [6.07, 6.45) is 4.52. The molecule has 0 fully saturated rings. The molecule has 0 bridgehead atoms. The van der Waals surface area contributed by atoms with Crippen molar-refractivity contribution in [2.75, 3.05) is 18.6 Å². The summed E-state index contributed by atoms with van der Waals surface area (Å²) in [4.78, 5) is 16.2. The Hall–Kier alpha value is -2.87. The number of fused-ring (bicyclic) bond motifs is 1. The minimum absolute atomic E-state index is 0.123. The predicted octanol–water partition coefficient (Wildman–Crippen LogP) is 4.69. The molecule has 0 spiro atoms. The number of benzene rings is 1. The Bertz CT molecular complexity index is 968. The first-order chi connectivity index (χ1) is 15.0. The molecule has 2 N–H and O–H groups in total. The molecule has 8 heteroatoms. The Balaban J connectivity index is 1.44. The molecule has 2 unspecified atom stereocenters. The van der Waals surface area contributed by atoms with Gasteiger partial charge in [-0.25, -0.2) is 9.37 Å². The van der Waals surface area contributed by atoms with E-state index >= 15 is 0 Å². The molecule has 0 saturated carbocycles. The Morgan fingerprint density at radius 2 is 2.23 bits per heavy atom. The maximum Gasteiger partial charge on any atom is 0.303 e. The molecule has 1 aromatic carbocycles. The van der Waals surface area contributed by atoms with Gasteiger partial charge in [-0.2, -0.15) is 10.2 Å². The molecule has 0 aliphatic carbocycles. The summed E-state index contributed by atoms with van der Waals surface area (Å²) in [5.74, 6) is -0.771. The van der Waals surface area contributed by atoms with E-state index in [4.69, 9.17) is 9.72 Å². The quantitative estimate of drug-likeness (QED) is 0.607. The Morgan fingerprint density at radius 1 is 1.32 bits per heavy atom. The number of nitrogens with one attached hydrogen (secondary N) is 1. The first-order valence-corrected chi connectivity index (χ1v) is 10.8. The van der Waals surface area contributed by atoms with E-state index in [1.54, 1.807) is 12.1 Å². The van der Waals surface area contributed by atoms with Gasteiger partial charge in [0.2, 0.25) is 0 Å². The minimum Gasteiger partial charge on any atom is -0.481 e. The molecule has 7 nitrogen and oxygen atoms in total. The monoisotopic (exact) mass is 426 g/mol. The Morgan fingerprint density at radius 3 is 3.00 bits per heavy atom. The third-order valence-electron chi connectivity index (χ3n) is 5.90. The summed E-state index contributed by atoms with van der Waals surface area (Å²) in [6.45, 7) is 1.11. The van der Waals surface area contributed by atoms with Crippen molar-refractivity contribution in [2.24, 2.45) is 10.2 Å². The number of anilines is 1. The van der Waals surface area contributed by atoms with Crippen LogP contribution in [0.15, 0.2) is 46.6 Å². The summed E-state index contributed by atoms with van der Waals surface area (Å²) < 4.78 is 19.6. The van der Waals surface area contributed by atoms with Gasteiger partial charge in [0.15, 0.2) is 12.5 Å². The van der Waals surface area contributed by atoms with E-state index in [1.807, 2.05) is 0 Å². The summed E-state index contributed by atoms with van der Waals surface area (Å²) in [5.41, 5.74) is 2.00. The molecule has 4 rings (SSSR count). The van der Waals surface area contributed by atoms with Gasteiger partial charge >= 0.3 is 5.97 Å². The van der Waals surface area contributed by atoms with Gasteiger partial charge in [0.05, 0.1) is 6.42 Å². The smallest absolute Gasteiger partial charge is 0.303 e. The average Bonchev–Trinajstić information content (AvgIpc) is 3.21. The highest BCUT2D eigenvalue weighted by Gasteiger charge is 2.38. The van der Waals surface area contributed by atoms with Crippen LogP contribution in [0.3, 0.4) is 0 Å². The van der Waals surface area contributed by atoms with E-state index in [-0.39, 0.29) is 19.0 Å². The Kier molecular flexibility index (Phi) is 6.56. The molecule has 1 aromatic heterocycles. The van der Waals surface area contributed by atoms with Crippen LogP contribution in [0.1, 0.15) is 54.8 Å². The number of nitrogens with zero attached hydrogens (tertiary/aromatic N) is 3. The topological polar surface area (TPSA) is 96.2 Å². The molecule has 2 atom stereocenters. The van der Waals surface area contributed by atoms with Crippen LogP contribution >= 0.6 is 0 Å². The van der Waals surface area contributed by atoms with Crippen LogP contribution in [0.5, 0.6) is 0 Å². The number of carbonyl (C=O) groups is 1. The SMILES string of the molecule is O=C(O)CC(CC1(CCCc2ccc3c(n2)NCCC3)N=NCO1)c1cccc(F)c1. The Labute approximate surface area is 180 Å². The molecule has 2 aliphatic heterocycles. The number of pyridine rings is 1. The van der Waals surface area contributed by atoms with Crippen molar-refractivity contribution in [3.63, 3.8) is 0 Å². The van der Waals surface area contributed by atoms with Crippen molar-refractivity contribution in [3.8, 4) is 0 Å². The zero-order valence-corrected chi connectivity index (χ0v) is 17.4. The van der Waals surface area contributed by atoms with Crippen molar-refractivity contribution in [1.82, 2.24) is 4.98 Å². The number of hydrogen-bond acceptors (Lipinski definition) is 6. The number of azo groups is 1. The number of carboxylic acid groups (broad SMARTS) is 1. The van der Waals surface area contributed by atoms with Crippen molar-refractivity contribution in [3.05, 3.63) is 59.0 Å². The lowest BCUT2D eigenvalue weighted by Crippen LogP contribution is -2.30. The van der Waals surface area contributed by atoms with Gasteiger partial charge in [-0.3, -0.25) is 4.79 Å². The van der Waals surface area contributed by atoms with Gasteiger partial charge in [0.25, 0.3) is 0 Å². The summed E-state index contributed by atoms with van der Waals surface area (Å²) in [6, 6.07) is 10.3. The molecule has 0 amide bonds. The fourth-order valence-corrected chi connectivity index (χ4v) is 4.38. The number of aliphatic carboxylic acids is 1. The van der Waals surface area contributed by atoms with Gasteiger partial charge in [-0.15, -0.1) is 0 Å². The number of carboxylic acids is 1. The van der Waals surface area contributed by atoms with Crippen LogP contribution in [-0.4, -0.2) is 35.1 Å². The maximum absolute atomic E-state index is 13.8. The van der Waals surface area contributed by atoms with Crippen LogP contribution in [0.4, 0.5) is 10.2 Å². The van der Waals surface area contributed by atoms with Crippen LogP contribution in [-0.2, 0) is 22.4 Å². The largest absolute Gasteiger partial charge is 0.481 e. The highest BCUT2D eigenvalue weighted by molar-refractivity contribution is 5.68. The summed E-state index contributed by atoms with van der Waals surface area (Å²) in [7, 11) is 0. The van der Waals surface area contributed by atoms with Gasteiger partial charge in [0.1, 0.15) is 11.6 Å². The molecule has 0 radical (unpaired) electrons. The normalized spacial score (nSPS) is 20.8. The number of aryl methyl sites for hydroxylation is 2. The van der Waals surface area contributed by atoms with E-state index in [9.17, 15) is 14.3 Å². The predicted molar refractivity (Wildman–Crippen MR) is 114 cm³/mol. The van der Waals surface area contributed by atoms with Crippen molar-refractivity contribution in [2.45, 2.75) is 56.6 Å². The molecule has 164 valence electrons. The standard InChI is InChI=1S/C23H27FN4O3/c24-19-6-1-4-17(12-19)18(13-21(29)30)14-23(28-26-15-31-23)10-2-7-20-9-8-16-5-3-11-25-22(16)27-20/h1,4,6,8-9,12,18H,2-3,5,7,10-11,13-15H2,(H,25,27)(H,29,30). The molecular weight excluding hydrogens is 399 g/mol. The van der Waals surface area contributed by atoms with Gasteiger partial charge in [0, 0.05) is 18.7 Å². The van der Waals surface area contributed by atoms with Crippen LogP contribution in [0, 0.1) is 5.82 Å². The lowest BCUT2D eigenvalue weighted by Gasteiger charge is -2.28. The van der Waals surface area contributed by atoms with Gasteiger partial charge < -0.3 is 15.2 Å². The summed E-state index contributed by atoms with van der Waals surface area (Å²) in [5, 5.41) is 21.1. The van der Waals surface area contributed by atoms with Crippen LogP contribution in [0.25, 0.3) is 0 Å². The second-order valence-corrected chi connectivity index (χ2v) is 8.21. The molecule has 2 aromatic rings. The minimum atomic E-state index is -0.940. The molecular formula is C23H27FN4O3. The second-order valence-electron chi connectivity index (χ2n) is 8.21. The first-order valence-electron chi connectivity index (χ1n) is 10.8. The van der Waals surface area contributed by atoms with Gasteiger partial charge in [-0.1, -0.05) is 18.2 Å². The van der Waals surface area contributed by atoms with E-state index in [2.05, 4.69) is 27.7 Å². The van der Waals surface area contributed by atoms with Crippen molar-refractivity contribution >= 4 is 11.8 Å². The number of hydrogen-bond donors (Lipinski definition) is 2.